The summed E-state index contributed by atoms with van der Waals surface area (Å²) in [5, 5.41) is 0. The maximum atomic E-state index is 12.6. The number of hydrogen-bond acceptors (Lipinski definition) is 0. The van der Waals surface area contributed by atoms with Gasteiger partial charge in [-0.3, -0.25) is 0 Å². The van der Waals surface area contributed by atoms with E-state index in [0.29, 0.717) is 18.8 Å². The van der Waals surface area contributed by atoms with E-state index in [-0.39, 0.29) is 17.7 Å². The van der Waals surface area contributed by atoms with Gasteiger partial charge in [0.25, 0.3) is 0 Å². The molecule has 1 saturated carbocycles. The van der Waals surface area contributed by atoms with Crippen molar-refractivity contribution >= 4 is 31.9 Å². The van der Waals surface area contributed by atoms with Gasteiger partial charge >= 0.3 is 6.18 Å². The van der Waals surface area contributed by atoms with Gasteiger partial charge in [-0.15, -0.1) is 0 Å². The van der Waals surface area contributed by atoms with Crippen LogP contribution in [0.25, 0.3) is 0 Å². The quantitative estimate of drug-likeness (QED) is 0.523. The van der Waals surface area contributed by atoms with Crippen LogP contribution in [0.2, 0.25) is 0 Å². The van der Waals surface area contributed by atoms with Gasteiger partial charge < -0.3 is 0 Å². The summed E-state index contributed by atoms with van der Waals surface area (Å²) >= 11 is 7.11. The lowest BCUT2D eigenvalue weighted by Gasteiger charge is -2.32. The van der Waals surface area contributed by atoms with E-state index in [0.717, 1.165) is 10.9 Å². The summed E-state index contributed by atoms with van der Waals surface area (Å²) in [6.07, 6.45) is -1.29. The molecule has 0 aliphatic heterocycles. The fraction of sp³-hybridized carbons (Fsp3) is 0.600. The lowest BCUT2D eigenvalue weighted by atomic mass is 9.79. The van der Waals surface area contributed by atoms with Gasteiger partial charge in [-0.1, -0.05) is 44.0 Å². The van der Waals surface area contributed by atoms with E-state index in [1.807, 2.05) is 12.1 Å². The average molecular weight is 414 g/mol. The zero-order valence-corrected chi connectivity index (χ0v) is 14.1. The Balaban J connectivity index is 1.87. The number of benzene rings is 1. The molecule has 1 unspecified atom stereocenters. The number of hydrogen-bond donors (Lipinski definition) is 0. The van der Waals surface area contributed by atoms with Crippen LogP contribution in [0.4, 0.5) is 13.2 Å². The van der Waals surface area contributed by atoms with Crippen molar-refractivity contribution < 1.29 is 13.2 Å². The van der Waals surface area contributed by atoms with Crippen LogP contribution in [0.5, 0.6) is 0 Å². The predicted molar refractivity (Wildman–Crippen MR) is 82.1 cm³/mol. The Bertz CT molecular complexity index is 437. The summed E-state index contributed by atoms with van der Waals surface area (Å²) in [6, 6.07) is 8.08. The number of halogens is 5. The van der Waals surface area contributed by atoms with E-state index in [1.54, 1.807) is 0 Å². The van der Waals surface area contributed by atoms with Crippen LogP contribution in [-0.4, -0.2) is 11.0 Å². The molecular formula is C15H17Br2F3. The van der Waals surface area contributed by atoms with Crippen LogP contribution < -0.4 is 0 Å². The molecule has 0 spiro atoms. The fourth-order valence-corrected chi connectivity index (χ4v) is 4.21. The van der Waals surface area contributed by atoms with Gasteiger partial charge in [0.1, 0.15) is 0 Å². The van der Waals surface area contributed by atoms with Gasteiger partial charge in [0.15, 0.2) is 0 Å². The first-order chi connectivity index (χ1) is 9.36. The standard InChI is InChI=1S/C15H17Br2F3/c16-13-3-1-2-10(8-13)9-14(17)11-4-6-12(7-5-11)15(18,19)20/h1-3,8,11-12,14H,4-7,9H2. The van der Waals surface area contributed by atoms with Crippen LogP contribution in [-0.2, 0) is 6.42 Å². The van der Waals surface area contributed by atoms with Crippen molar-refractivity contribution in [2.24, 2.45) is 11.8 Å². The molecule has 0 N–H and O–H groups in total. The van der Waals surface area contributed by atoms with Crippen molar-refractivity contribution in [2.75, 3.05) is 0 Å². The van der Waals surface area contributed by atoms with Gasteiger partial charge in [0.05, 0.1) is 5.92 Å². The summed E-state index contributed by atoms with van der Waals surface area (Å²) in [7, 11) is 0. The second kappa shape index (κ2) is 6.82. The molecule has 1 fully saturated rings. The lowest BCUT2D eigenvalue weighted by molar-refractivity contribution is -0.183. The molecule has 20 heavy (non-hydrogen) atoms. The molecule has 1 atom stereocenters. The Hall–Kier alpha value is -0.0300. The lowest BCUT2D eigenvalue weighted by Crippen LogP contribution is -2.30. The maximum absolute atomic E-state index is 12.6. The van der Waals surface area contributed by atoms with Crippen molar-refractivity contribution in [1.29, 1.82) is 0 Å². The molecule has 0 saturated heterocycles. The largest absolute Gasteiger partial charge is 0.391 e. The first kappa shape index (κ1) is 16.3. The summed E-state index contributed by atoms with van der Waals surface area (Å²) < 4.78 is 39.0. The molecule has 0 aromatic heterocycles. The predicted octanol–water partition coefficient (Wildman–Crippen LogP) is 6.12. The van der Waals surface area contributed by atoms with Crippen LogP contribution in [0.15, 0.2) is 28.7 Å². The molecule has 0 nitrogen and oxygen atoms in total. The van der Waals surface area contributed by atoms with Crippen molar-refractivity contribution in [3.63, 3.8) is 0 Å². The van der Waals surface area contributed by atoms with E-state index in [2.05, 4.69) is 44.0 Å². The molecule has 1 aliphatic rings. The van der Waals surface area contributed by atoms with Gasteiger partial charge in [-0.05, 0) is 55.7 Å². The van der Waals surface area contributed by atoms with Gasteiger partial charge in [0, 0.05) is 9.30 Å². The van der Waals surface area contributed by atoms with Crippen molar-refractivity contribution in [1.82, 2.24) is 0 Å². The van der Waals surface area contributed by atoms with Crippen LogP contribution >= 0.6 is 31.9 Å². The second-order valence-corrected chi connectivity index (χ2v) is 7.60. The molecule has 1 aliphatic carbocycles. The zero-order chi connectivity index (χ0) is 14.8. The SMILES string of the molecule is FC(F)(F)C1CCC(C(Br)Cc2cccc(Br)c2)CC1. The van der Waals surface area contributed by atoms with Gasteiger partial charge in [-0.2, -0.15) is 13.2 Å². The smallest absolute Gasteiger partial charge is 0.171 e. The molecule has 0 bridgehead atoms. The van der Waals surface area contributed by atoms with Gasteiger partial charge in [-0.25, -0.2) is 0 Å². The summed E-state index contributed by atoms with van der Waals surface area (Å²) in [5.74, 6) is -0.753. The topological polar surface area (TPSA) is 0 Å². The molecule has 2 rings (SSSR count). The molecule has 5 heteroatoms. The van der Waals surface area contributed by atoms with E-state index >= 15 is 0 Å². The molecule has 1 aromatic rings. The summed E-state index contributed by atoms with van der Waals surface area (Å²) in [6.45, 7) is 0. The Labute approximate surface area is 134 Å². The summed E-state index contributed by atoms with van der Waals surface area (Å²) in [4.78, 5) is 0.256. The Morgan fingerprint density at radius 3 is 2.35 bits per heavy atom. The van der Waals surface area contributed by atoms with Crippen molar-refractivity contribution in [3.05, 3.63) is 34.3 Å². The first-order valence-electron chi connectivity index (χ1n) is 6.81. The highest BCUT2D eigenvalue weighted by molar-refractivity contribution is 9.10. The Morgan fingerprint density at radius 2 is 1.80 bits per heavy atom. The van der Waals surface area contributed by atoms with Crippen molar-refractivity contribution in [3.8, 4) is 0 Å². The highest BCUT2D eigenvalue weighted by atomic mass is 79.9. The maximum Gasteiger partial charge on any atom is 0.391 e. The molecule has 0 radical (unpaired) electrons. The molecular weight excluding hydrogens is 397 g/mol. The van der Waals surface area contributed by atoms with E-state index in [9.17, 15) is 13.2 Å². The highest BCUT2D eigenvalue weighted by Gasteiger charge is 2.42. The normalized spacial score (nSPS) is 25.4. The molecule has 112 valence electrons. The van der Waals surface area contributed by atoms with Crippen LogP contribution in [0.3, 0.4) is 0 Å². The molecule has 0 heterocycles. The molecule has 1 aromatic carbocycles. The van der Waals surface area contributed by atoms with E-state index in [4.69, 9.17) is 0 Å². The van der Waals surface area contributed by atoms with Gasteiger partial charge in [0.2, 0.25) is 0 Å². The third kappa shape index (κ3) is 4.48. The minimum atomic E-state index is -4.02. The van der Waals surface area contributed by atoms with Crippen LogP contribution in [0.1, 0.15) is 31.2 Å². The minimum absolute atomic E-state index is 0.256. The third-order valence-corrected chi connectivity index (χ3v) is 5.63. The fourth-order valence-electron chi connectivity index (χ4n) is 2.86. The second-order valence-electron chi connectivity index (χ2n) is 5.50. The monoisotopic (exact) mass is 412 g/mol. The summed E-state index contributed by atoms with van der Waals surface area (Å²) in [5.41, 5.74) is 1.21. The number of alkyl halides is 4. The Morgan fingerprint density at radius 1 is 1.15 bits per heavy atom. The average Bonchev–Trinajstić information content (AvgIpc) is 2.38. The van der Waals surface area contributed by atoms with Crippen LogP contribution in [0, 0.1) is 11.8 Å². The third-order valence-electron chi connectivity index (χ3n) is 4.07. The Kier molecular flexibility index (Phi) is 5.57. The zero-order valence-electron chi connectivity index (χ0n) is 11.0. The minimum Gasteiger partial charge on any atom is -0.171 e. The van der Waals surface area contributed by atoms with Crippen molar-refractivity contribution in [2.45, 2.75) is 43.1 Å². The first-order valence-corrected chi connectivity index (χ1v) is 8.52. The highest BCUT2D eigenvalue weighted by Crippen LogP contribution is 2.42. The van der Waals surface area contributed by atoms with E-state index < -0.39 is 12.1 Å². The number of rotatable bonds is 3. The van der Waals surface area contributed by atoms with E-state index in [1.165, 1.54) is 5.56 Å². The molecule has 0 amide bonds.